The Morgan fingerprint density at radius 1 is 1.26 bits per heavy atom. The topological polar surface area (TPSA) is 44.8 Å². The Hall–Kier alpha value is -1.99. The molecule has 1 aliphatic rings. The average molecular weight is 260 g/mol. The third-order valence-corrected chi connectivity index (χ3v) is 2.95. The highest BCUT2D eigenvalue weighted by Crippen LogP contribution is 2.25. The summed E-state index contributed by atoms with van der Waals surface area (Å²) in [5.74, 6) is 6.11. The van der Waals surface area contributed by atoms with Crippen molar-refractivity contribution in [2.75, 3.05) is 20.3 Å². The number of carbonyl (C=O) groups is 1. The van der Waals surface area contributed by atoms with Gasteiger partial charge in [-0.3, -0.25) is 0 Å². The van der Waals surface area contributed by atoms with E-state index in [0.29, 0.717) is 26.1 Å². The maximum atomic E-state index is 11.3. The van der Waals surface area contributed by atoms with E-state index in [1.807, 2.05) is 30.3 Å². The third-order valence-electron chi connectivity index (χ3n) is 2.95. The van der Waals surface area contributed by atoms with Crippen LogP contribution in [-0.2, 0) is 14.2 Å². The van der Waals surface area contributed by atoms with Crippen LogP contribution in [0.3, 0.4) is 0 Å². The van der Waals surface area contributed by atoms with E-state index in [1.54, 1.807) is 0 Å². The van der Waals surface area contributed by atoms with Crippen LogP contribution in [0.2, 0.25) is 0 Å². The second kappa shape index (κ2) is 6.26. The van der Waals surface area contributed by atoms with Crippen LogP contribution in [0.1, 0.15) is 18.4 Å². The van der Waals surface area contributed by atoms with E-state index in [4.69, 9.17) is 9.47 Å². The lowest BCUT2D eigenvalue weighted by Crippen LogP contribution is -2.39. The summed E-state index contributed by atoms with van der Waals surface area (Å²) in [4.78, 5) is 11.3. The summed E-state index contributed by atoms with van der Waals surface area (Å²) >= 11 is 0. The van der Waals surface area contributed by atoms with Crippen molar-refractivity contribution in [2.24, 2.45) is 0 Å². The predicted molar refractivity (Wildman–Crippen MR) is 69.6 cm³/mol. The number of carbonyl (C=O) groups excluding carboxylic acids is 1. The molecule has 1 saturated heterocycles. The summed E-state index contributed by atoms with van der Waals surface area (Å²) in [6.07, 6.45) is 0.411. The fraction of sp³-hybridized carbons (Fsp3) is 0.400. The van der Waals surface area contributed by atoms with Gasteiger partial charge in [0.2, 0.25) is 0 Å². The first-order chi connectivity index (χ1) is 9.24. The summed E-state index contributed by atoms with van der Waals surface area (Å²) < 4.78 is 15.2. The second-order valence-corrected chi connectivity index (χ2v) is 4.28. The Morgan fingerprint density at radius 2 is 1.95 bits per heavy atom. The van der Waals surface area contributed by atoms with E-state index in [9.17, 15) is 4.79 Å². The van der Waals surface area contributed by atoms with Crippen LogP contribution in [0.4, 0.5) is 4.79 Å². The molecule has 19 heavy (non-hydrogen) atoms. The average Bonchev–Trinajstić information content (AvgIpc) is 2.47. The Labute approximate surface area is 112 Å². The quantitative estimate of drug-likeness (QED) is 0.574. The van der Waals surface area contributed by atoms with Gasteiger partial charge in [0, 0.05) is 18.4 Å². The van der Waals surface area contributed by atoms with Gasteiger partial charge in [-0.15, -0.1) is 0 Å². The minimum atomic E-state index is -0.804. The highest BCUT2D eigenvalue weighted by Gasteiger charge is 2.35. The molecular formula is C15H16O4. The zero-order chi connectivity index (χ0) is 13.6. The molecule has 0 saturated carbocycles. The Bertz CT molecular complexity index is 478. The molecule has 0 atom stereocenters. The van der Waals surface area contributed by atoms with E-state index in [2.05, 4.69) is 16.6 Å². The van der Waals surface area contributed by atoms with Crippen LogP contribution >= 0.6 is 0 Å². The Kier molecular flexibility index (Phi) is 4.43. The summed E-state index contributed by atoms with van der Waals surface area (Å²) in [5.41, 5.74) is 0.0862. The van der Waals surface area contributed by atoms with Crippen molar-refractivity contribution in [3.05, 3.63) is 35.9 Å². The molecule has 1 aliphatic heterocycles. The number of hydrogen-bond acceptors (Lipinski definition) is 4. The molecule has 0 unspecified atom stereocenters. The smallest absolute Gasteiger partial charge is 0.438 e. The number of methoxy groups -OCH3 is 1. The van der Waals surface area contributed by atoms with Crippen molar-refractivity contribution in [1.29, 1.82) is 0 Å². The van der Waals surface area contributed by atoms with Gasteiger partial charge in [0.15, 0.2) is 5.60 Å². The largest absolute Gasteiger partial charge is 0.509 e. The van der Waals surface area contributed by atoms with E-state index >= 15 is 0 Å². The zero-order valence-corrected chi connectivity index (χ0v) is 10.8. The summed E-state index contributed by atoms with van der Waals surface area (Å²) in [6, 6.07) is 9.60. The zero-order valence-electron chi connectivity index (χ0n) is 10.8. The van der Waals surface area contributed by atoms with E-state index in [1.165, 1.54) is 7.11 Å². The standard InChI is InChI=1S/C15H16O4/c1-17-14(16)19-15(9-11-18-12-10-15)8-7-13-5-3-2-4-6-13/h2-6H,9-12H2,1H3. The normalized spacial score (nSPS) is 16.9. The SMILES string of the molecule is COC(=O)OC1(C#Cc2ccccc2)CCOCC1. The molecule has 0 radical (unpaired) electrons. The molecule has 0 spiro atoms. The van der Waals surface area contributed by atoms with Gasteiger partial charge in [-0.25, -0.2) is 4.79 Å². The lowest BCUT2D eigenvalue weighted by Gasteiger charge is -2.31. The van der Waals surface area contributed by atoms with Gasteiger partial charge < -0.3 is 14.2 Å². The van der Waals surface area contributed by atoms with Gasteiger partial charge in [-0.05, 0) is 18.1 Å². The minimum Gasteiger partial charge on any atom is -0.438 e. The second-order valence-electron chi connectivity index (χ2n) is 4.28. The van der Waals surface area contributed by atoms with E-state index in [0.717, 1.165) is 5.56 Å². The van der Waals surface area contributed by atoms with E-state index in [-0.39, 0.29) is 0 Å². The molecule has 0 amide bonds. The monoisotopic (exact) mass is 260 g/mol. The molecule has 0 bridgehead atoms. The van der Waals surface area contributed by atoms with Gasteiger partial charge in [-0.2, -0.15) is 0 Å². The lowest BCUT2D eigenvalue weighted by molar-refractivity contribution is -0.0572. The van der Waals surface area contributed by atoms with Crippen molar-refractivity contribution in [3.63, 3.8) is 0 Å². The van der Waals surface area contributed by atoms with E-state index < -0.39 is 11.8 Å². The van der Waals surface area contributed by atoms with Crippen LogP contribution in [0.25, 0.3) is 0 Å². The predicted octanol–water partition coefficient (Wildman–Crippen LogP) is 2.37. The van der Waals surface area contributed by atoms with Crippen LogP contribution in [0.15, 0.2) is 30.3 Å². The molecule has 1 aromatic carbocycles. The molecule has 1 heterocycles. The van der Waals surface area contributed by atoms with Gasteiger partial charge >= 0.3 is 6.16 Å². The van der Waals surface area contributed by atoms with Crippen LogP contribution < -0.4 is 0 Å². The maximum Gasteiger partial charge on any atom is 0.509 e. The molecule has 2 rings (SSSR count). The number of rotatable bonds is 1. The first-order valence-electron chi connectivity index (χ1n) is 6.17. The third kappa shape index (κ3) is 3.73. The van der Waals surface area contributed by atoms with Gasteiger partial charge in [-0.1, -0.05) is 24.1 Å². The molecule has 4 heteroatoms. The van der Waals surface area contributed by atoms with Crippen LogP contribution in [-0.4, -0.2) is 32.1 Å². The van der Waals surface area contributed by atoms with Crippen molar-refractivity contribution in [1.82, 2.24) is 0 Å². The van der Waals surface area contributed by atoms with Gasteiger partial charge in [0.1, 0.15) is 0 Å². The Balaban J connectivity index is 2.18. The fourth-order valence-electron chi connectivity index (χ4n) is 1.86. The molecule has 1 aromatic rings. The molecule has 0 aliphatic carbocycles. The number of hydrogen-bond donors (Lipinski definition) is 0. The fourth-order valence-corrected chi connectivity index (χ4v) is 1.86. The van der Waals surface area contributed by atoms with Crippen molar-refractivity contribution < 1.29 is 19.0 Å². The first-order valence-corrected chi connectivity index (χ1v) is 6.17. The van der Waals surface area contributed by atoms with Crippen molar-refractivity contribution in [3.8, 4) is 11.8 Å². The molecule has 4 nitrogen and oxygen atoms in total. The van der Waals surface area contributed by atoms with Gasteiger partial charge in [0.25, 0.3) is 0 Å². The maximum absolute atomic E-state index is 11.3. The summed E-state index contributed by atoms with van der Waals surface area (Å²) in [5, 5.41) is 0. The van der Waals surface area contributed by atoms with Crippen molar-refractivity contribution in [2.45, 2.75) is 18.4 Å². The minimum absolute atomic E-state index is 0.528. The number of benzene rings is 1. The van der Waals surface area contributed by atoms with Crippen molar-refractivity contribution >= 4 is 6.16 Å². The van der Waals surface area contributed by atoms with Gasteiger partial charge in [0.05, 0.1) is 20.3 Å². The molecular weight excluding hydrogens is 244 g/mol. The highest BCUT2D eigenvalue weighted by molar-refractivity contribution is 5.61. The summed E-state index contributed by atoms with van der Waals surface area (Å²) in [7, 11) is 1.29. The van der Waals surface area contributed by atoms with Crippen LogP contribution in [0.5, 0.6) is 0 Å². The molecule has 1 fully saturated rings. The molecule has 100 valence electrons. The summed E-state index contributed by atoms with van der Waals surface area (Å²) in [6.45, 7) is 1.06. The highest BCUT2D eigenvalue weighted by atomic mass is 16.7. The Morgan fingerprint density at radius 3 is 2.58 bits per heavy atom. The lowest BCUT2D eigenvalue weighted by atomic mass is 9.94. The first kappa shape index (κ1) is 13.4. The molecule has 0 aromatic heterocycles. The number of ether oxygens (including phenoxy) is 3. The van der Waals surface area contributed by atoms with Crippen LogP contribution in [0, 0.1) is 11.8 Å². The molecule has 0 N–H and O–H groups in total.